The Morgan fingerprint density at radius 2 is 2.30 bits per heavy atom. The van der Waals surface area contributed by atoms with Gasteiger partial charge in [-0.1, -0.05) is 0 Å². The number of carbonyl (C=O) groups excluding carboxylic acids is 1. The van der Waals surface area contributed by atoms with Crippen LogP contribution in [0.4, 0.5) is 11.5 Å². The number of hydrogen-bond acceptors (Lipinski definition) is 5. The van der Waals surface area contributed by atoms with Crippen molar-refractivity contribution >= 4 is 17.4 Å². The van der Waals surface area contributed by atoms with Crippen LogP contribution in [0, 0.1) is 17.0 Å². The fourth-order valence-electron chi connectivity index (χ4n) is 1.62. The van der Waals surface area contributed by atoms with Crippen molar-refractivity contribution in [1.82, 2.24) is 19.6 Å². The Labute approximate surface area is 114 Å². The van der Waals surface area contributed by atoms with Crippen molar-refractivity contribution in [3.8, 4) is 0 Å². The SMILES string of the molecule is Cc1c(NC(=O)CCn2ccc([N+](=O)[O-])n2)cnn1C. The predicted molar refractivity (Wildman–Crippen MR) is 70.1 cm³/mol. The second-order valence-electron chi connectivity index (χ2n) is 4.26. The van der Waals surface area contributed by atoms with Crippen molar-refractivity contribution in [2.24, 2.45) is 7.05 Å². The molecule has 1 N–H and O–H groups in total. The number of nitro groups is 1. The quantitative estimate of drug-likeness (QED) is 0.644. The van der Waals surface area contributed by atoms with Crippen molar-refractivity contribution in [3.63, 3.8) is 0 Å². The minimum atomic E-state index is -0.574. The van der Waals surface area contributed by atoms with Gasteiger partial charge in [-0.25, -0.2) is 0 Å². The molecule has 2 aromatic rings. The summed E-state index contributed by atoms with van der Waals surface area (Å²) >= 11 is 0. The summed E-state index contributed by atoms with van der Waals surface area (Å²) in [6.45, 7) is 2.12. The van der Waals surface area contributed by atoms with Gasteiger partial charge in [0.2, 0.25) is 5.91 Å². The second kappa shape index (κ2) is 5.51. The summed E-state index contributed by atoms with van der Waals surface area (Å²) in [5.74, 6) is -0.423. The first-order valence-corrected chi connectivity index (χ1v) is 5.93. The molecular weight excluding hydrogens is 264 g/mol. The zero-order valence-corrected chi connectivity index (χ0v) is 11.1. The molecule has 9 heteroatoms. The average molecular weight is 278 g/mol. The van der Waals surface area contributed by atoms with Crippen LogP contribution < -0.4 is 5.32 Å². The number of aromatic nitrogens is 4. The summed E-state index contributed by atoms with van der Waals surface area (Å²) < 4.78 is 3.03. The van der Waals surface area contributed by atoms with E-state index in [4.69, 9.17) is 0 Å². The van der Waals surface area contributed by atoms with Crippen molar-refractivity contribution in [1.29, 1.82) is 0 Å². The van der Waals surface area contributed by atoms with Gasteiger partial charge in [-0.05, 0) is 11.8 Å². The summed E-state index contributed by atoms with van der Waals surface area (Å²) in [4.78, 5) is 21.7. The highest BCUT2D eigenvalue weighted by atomic mass is 16.6. The van der Waals surface area contributed by atoms with Gasteiger partial charge in [0.1, 0.15) is 0 Å². The topological polar surface area (TPSA) is 108 Å². The number of rotatable bonds is 5. The summed E-state index contributed by atoms with van der Waals surface area (Å²) in [6.07, 6.45) is 3.22. The lowest BCUT2D eigenvalue weighted by Crippen LogP contribution is -2.15. The first kappa shape index (κ1) is 13.7. The maximum Gasteiger partial charge on any atom is 0.389 e. The minimum absolute atomic E-state index is 0.174. The van der Waals surface area contributed by atoms with Gasteiger partial charge in [0.15, 0.2) is 0 Å². The van der Waals surface area contributed by atoms with Crippen LogP contribution in [0.15, 0.2) is 18.5 Å². The zero-order valence-electron chi connectivity index (χ0n) is 11.1. The van der Waals surface area contributed by atoms with Gasteiger partial charge < -0.3 is 15.4 Å². The van der Waals surface area contributed by atoms with E-state index in [-0.39, 0.29) is 24.7 Å². The smallest absolute Gasteiger partial charge is 0.358 e. The lowest BCUT2D eigenvalue weighted by atomic mass is 10.3. The van der Waals surface area contributed by atoms with Crippen LogP contribution in [-0.4, -0.2) is 30.4 Å². The normalized spacial score (nSPS) is 10.5. The van der Waals surface area contributed by atoms with Crippen LogP contribution in [0.2, 0.25) is 0 Å². The van der Waals surface area contributed by atoms with E-state index < -0.39 is 4.92 Å². The molecule has 20 heavy (non-hydrogen) atoms. The van der Waals surface area contributed by atoms with Crippen LogP contribution in [-0.2, 0) is 18.4 Å². The van der Waals surface area contributed by atoms with Gasteiger partial charge in [-0.2, -0.15) is 9.78 Å². The van der Waals surface area contributed by atoms with E-state index in [1.54, 1.807) is 17.9 Å². The van der Waals surface area contributed by atoms with Gasteiger partial charge in [-0.15, -0.1) is 0 Å². The first-order chi connectivity index (χ1) is 9.47. The monoisotopic (exact) mass is 278 g/mol. The number of anilines is 1. The van der Waals surface area contributed by atoms with E-state index in [9.17, 15) is 14.9 Å². The maximum absolute atomic E-state index is 11.8. The minimum Gasteiger partial charge on any atom is -0.358 e. The third-order valence-corrected chi connectivity index (χ3v) is 2.89. The van der Waals surface area contributed by atoms with E-state index in [1.165, 1.54) is 16.9 Å². The highest BCUT2D eigenvalue weighted by Crippen LogP contribution is 2.12. The highest BCUT2D eigenvalue weighted by molar-refractivity contribution is 5.91. The molecule has 2 rings (SSSR count). The molecule has 0 bridgehead atoms. The third kappa shape index (κ3) is 2.99. The Kier molecular flexibility index (Phi) is 3.78. The number of nitrogens with one attached hydrogen (secondary N) is 1. The van der Waals surface area contributed by atoms with E-state index in [2.05, 4.69) is 15.5 Å². The third-order valence-electron chi connectivity index (χ3n) is 2.89. The van der Waals surface area contributed by atoms with Gasteiger partial charge >= 0.3 is 5.82 Å². The molecule has 0 fully saturated rings. The molecule has 0 aliphatic carbocycles. The molecule has 1 amide bonds. The largest absolute Gasteiger partial charge is 0.389 e. The number of nitrogens with zero attached hydrogens (tertiary/aromatic N) is 5. The molecule has 0 aliphatic heterocycles. The van der Waals surface area contributed by atoms with E-state index >= 15 is 0 Å². The molecule has 106 valence electrons. The number of amides is 1. The summed E-state index contributed by atoms with van der Waals surface area (Å²) in [5.41, 5.74) is 1.51. The van der Waals surface area contributed by atoms with Gasteiger partial charge in [0.05, 0.1) is 41.5 Å². The summed E-state index contributed by atoms with van der Waals surface area (Å²) in [6, 6.07) is 1.29. The Hall–Kier alpha value is -2.71. The molecule has 0 radical (unpaired) electrons. The van der Waals surface area contributed by atoms with Crippen molar-refractivity contribution in [3.05, 3.63) is 34.3 Å². The number of hydrogen-bond donors (Lipinski definition) is 1. The molecule has 0 aromatic carbocycles. The molecule has 0 atom stereocenters. The molecule has 0 aliphatic rings. The molecule has 9 nitrogen and oxygen atoms in total. The van der Waals surface area contributed by atoms with Gasteiger partial charge in [0.25, 0.3) is 0 Å². The maximum atomic E-state index is 11.8. The Bertz CT molecular complexity index is 644. The molecule has 0 saturated carbocycles. The van der Waals surface area contributed by atoms with Crippen LogP contribution in [0.5, 0.6) is 0 Å². The fourth-order valence-corrected chi connectivity index (χ4v) is 1.62. The Morgan fingerprint density at radius 1 is 1.55 bits per heavy atom. The second-order valence-corrected chi connectivity index (χ2v) is 4.26. The van der Waals surface area contributed by atoms with Gasteiger partial charge in [0, 0.05) is 13.5 Å². The average Bonchev–Trinajstić information content (AvgIpc) is 2.99. The van der Waals surface area contributed by atoms with E-state index in [1.807, 2.05) is 6.92 Å². The molecule has 2 heterocycles. The van der Waals surface area contributed by atoms with Crippen LogP contribution in [0.3, 0.4) is 0 Å². The van der Waals surface area contributed by atoms with Crippen LogP contribution in [0.25, 0.3) is 0 Å². The van der Waals surface area contributed by atoms with Crippen LogP contribution >= 0.6 is 0 Å². The fraction of sp³-hybridized carbons (Fsp3) is 0.364. The number of aryl methyl sites for hydroxylation is 2. The van der Waals surface area contributed by atoms with Crippen molar-refractivity contribution < 1.29 is 9.72 Å². The van der Waals surface area contributed by atoms with Gasteiger partial charge in [-0.3, -0.25) is 9.48 Å². The molecule has 0 unspecified atom stereocenters. The Balaban J connectivity index is 1.88. The molecular formula is C11H14N6O3. The van der Waals surface area contributed by atoms with Crippen molar-refractivity contribution in [2.75, 3.05) is 5.32 Å². The number of carbonyl (C=O) groups is 1. The van der Waals surface area contributed by atoms with E-state index in [0.29, 0.717) is 5.69 Å². The van der Waals surface area contributed by atoms with E-state index in [0.717, 1.165) is 5.69 Å². The first-order valence-electron chi connectivity index (χ1n) is 5.93. The standard InChI is InChI=1S/C11H14N6O3/c1-8-9(7-12-15(8)2)13-11(18)4-6-16-5-3-10(14-16)17(19)20/h3,5,7H,4,6H2,1-2H3,(H,13,18). The predicted octanol–water partition coefficient (Wildman–Crippen LogP) is 0.862. The summed E-state index contributed by atoms with van der Waals surface area (Å²) in [5, 5.41) is 21.0. The molecule has 2 aromatic heterocycles. The zero-order chi connectivity index (χ0) is 14.7. The summed E-state index contributed by atoms with van der Waals surface area (Å²) in [7, 11) is 1.79. The Morgan fingerprint density at radius 3 is 2.85 bits per heavy atom. The highest BCUT2D eigenvalue weighted by Gasteiger charge is 2.12. The lowest BCUT2D eigenvalue weighted by molar-refractivity contribution is -0.389. The van der Waals surface area contributed by atoms with Crippen molar-refractivity contribution in [2.45, 2.75) is 19.9 Å². The van der Waals surface area contributed by atoms with Crippen LogP contribution in [0.1, 0.15) is 12.1 Å². The molecule has 0 saturated heterocycles. The molecule has 0 spiro atoms. The lowest BCUT2D eigenvalue weighted by Gasteiger charge is -2.03.